The number of amides is 1. The fourth-order valence-corrected chi connectivity index (χ4v) is 2.87. The number of piperidine rings is 1. The fraction of sp³-hybridized carbons (Fsp3) is 0.611. The molecule has 1 fully saturated rings. The summed E-state index contributed by atoms with van der Waals surface area (Å²) in [4.78, 5) is 14.0. The van der Waals surface area contributed by atoms with Crippen molar-refractivity contribution in [1.29, 1.82) is 0 Å². The molecular formula is C18H27NO4. The van der Waals surface area contributed by atoms with E-state index in [2.05, 4.69) is 0 Å². The maximum atomic E-state index is 12.4. The number of hydrogen-bond donors (Lipinski definition) is 2. The van der Waals surface area contributed by atoms with E-state index in [-0.39, 0.29) is 12.6 Å². The topological polar surface area (TPSA) is 70.0 Å². The number of hydrogen-bond acceptors (Lipinski definition) is 4. The van der Waals surface area contributed by atoms with E-state index in [1.807, 2.05) is 51.1 Å². The lowest BCUT2D eigenvalue weighted by atomic mass is 9.93. The average Bonchev–Trinajstić information content (AvgIpc) is 2.48. The summed E-state index contributed by atoms with van der Waals surface area (Å²) in [6.45, 7) is 5.71. The van der Waals surface area contributed by atoms with Gasteiger partial charge in [0.25, 0.3) is 0 Å². The van der Waals surface area contributed by atoms with Crippen LogP contribution in [0.2, 0.25) is 0 Å². The Labute approximate surface area is 137 Å². The molecule has 5 nitrogen and oxygen atoms in total. The summed E-state index contributed by atoms with van der Waals surface area (Å²) in [5.41, 5.74) is 0.255. The Morgan fingerprint density at radius 3 is 2.57 bits per heavy atom. The van der Waals surface area contributed by atoms with Crippen molar-refractivity contribution in [3.05, 3.63) is 35.9 Å². The summed E-state index contributed by atoms with van der Waals surface area (Å²) in [6.07, 6.45) is 0.127. The third kappa shape index (κ3) is 5.22. The van der Waals surface area contributed by atoms with Crippen LogP contribution in [-0.4, -0.2) is 45.5 Å². The Morgan fingerprint density at radius 2 is 1.96 bits per heavy atom. The van der Waals surface area contributed by atoms with Gasteiger partial charge in [-0.3, -0.25) is 0 Å². The molecule has 1 amide bonds. The van der Waals surface area contributed by atoms with Gasteiger partial charge >= 0.3 is 6.09 Å². The Bertz CT molecular complexity index is 512. The van der Waals surface area contributed by atoms with Crippen molar-refractivity contribution in [1.82, 2.24) is 4.90 Å². The summed E-state index contributed by atoms with van der Waals surface area (Å²) in [6, 6.07) is 9.29. The summed E-state index contributed by atoms with van der Waals surface area (Å²) in [5.74, 6) is 0. The van der Waals surface area contributed by atoms with Gasteiger partial charge in [0.1, 0.15) is 5.60 Å². The minimum Gasteiger partial charge on any atom is -0.444 e. The maximum Gasteiger partial charge on any atom is 0.410 e. The Morgan fingerprint density at radius 1 is 1.30 bits per heavy atom. The number of carbonyl (C=O) groups excluding carboxylic acids is 1. The molecule has 1 heterocycles. The predicted molar refractivity (Wildman–Crippen MR) is 88.0 cm³/mol. The van der Waals surface area contributed by atoms with E-state index < -0.39 is 23.9 Å². The molecule has 3 atom stereocenters. The number of benzene rings is 1. The lowest BCUT2D eigenvalue weighted by Crippen LogP contribution is -2.50. The van der Waals surface area contributed by atoms with E-state index in [1.54, 1.807) is 4.90 Å². The van der Waals surface area contributed by atoms with Crippen LogP contribution < -0.4 is 0 Å². The molecule has 0 spiro atoms. The highest BCUT2D eigenvalue weighted by atomic mass is 16.6. The van der Waals surface area contributed by atoms with Crippen molar-refractivity contribution >= 4 is 6.09 Å². The summed E-state index contributed by atoms with van der Waals surface area (Å²) >= 11 is 0. The molecule has 1 aromatic rings. The summed E-state index contributed by atoms with van der Waals surface area (Å²) in [5, 5.41) is 20.3. The second kappa shape index (κ2) is 7.32. The standard InChI is InChI=1S/C18H27NO4/c1-18(2,3)23-17(22)19-12-15(20)10-9-14(19)11-16(21)13-7-5-4-6-8-13/h4-8,14-16,20-21H,9-12H2,1-3H3/t14-,15-,16-/m1/s1. The third-order valence-corrected chi connectivity index (χ3v) is 3.99. The Balaban J connectivity index is 2.06. The molecule has 128 valence electrons. The number of likely N-dealkylation sites (tertiary alicyclic amines) is 1. The summed E-state index contributed by atoms with van der Waals surface area (Å²) in [7, 11) is 0. The van der Waals surface area contributed by atoms with Crippen LogP contribution in [0, 0.1) is 0 Å². The smallest absolute Gasteiger partial charge is 0.410 e. The molecule has 23 heavy (non-hydrogen) atoms. The van der Waals surface area contributed by atoms with Gasteiger partial charge in [-0.05, 0) is 45.6 Å². The molecular weight excluding hydrogens is 294 g/mol. The average molecular weight is 321 g/mol. The van der Waals surface area contributed by atoms with Crippen molar-refractivity contribution < 1.29 is 19.7 Å². The monoisotopic (exact) mass is 321 g/mol. The van der Waals surface area contributed by atoms with Gasteiger partial charge in [0.2, 0.25) is 0 Å². The number of aliphatic hydroxyl groups excluding tert-OH is 2. The molecule has 0 aliphatic carbocycles. The quantitative estimate of drug-likeness (QED) is 0.898. The van der Waals surface area contributed by atoms with Crippen LogP contribution in [0.4, 0.5) is 4.79 Å². The van der Waals surface area contributed by atoms with Gasteiger partial charge in [-0.2, -0.15) is 0 Å². The van der Waals surface area contributed by atoms with E-state index in [1.165, 1.54) is 0 Å². The number of ether oxygens (including phenoxy) is 1. The van der Waals surface area contributed by atoms with Crippen LogP contribution >= 0.6 is 0 Å². The van der Waals surface area contributed by atoms with Crippen molar-refractivity contribution in [2.45, 2.75) is 63.9 Å². The zero-order valence-electron chi connectivity index (χ0n) is 14.1. The number of nitrogens with zero attached hydrogens (tertiary/aromatic N) is 1. The number of aliphatic hydroxyl groups is 2. The predicted octanol–water partition coefficient (Wildman–Crippen LogP) is 2.87. The highest BCUT2D eigenvalue weighted by Gasteiger charge is 2.34. The van der Waals surface area contributed by atoms with Crippen LogP contribution in [0.1, 0.15) is 51.7 Å². The first-order valence-electron chi connectivity index (χ1n) is 8.17. The highest BCUT2D eigenvalue weighted by Crippen LogP contribution is 2.28. The van der Waals surface area contributed by atoms with Gasteiger partial charge in [-0.25, -0.2) is 4.79 Å². The molecule has 0 bridgehead atoms. The molecule has 0 unspecified atom stereocenters. The van der Waals surface area contributed by atoms with E-state index in [0.717, 1.165) is 5.56 Å². The van der Waals surface area contributed by atoms with Crippen molar-refractivity contribution in [3.8, 4) is 0 Å². The van der Waals surface area contributed by atoms with Gasteiger partial charge in [0, 0.05) is 6.04 Å². The molecule has 1 aliphatic rings. The number of rotatable bonds is 3. The van der Waals surface area contributed by atoms with Crippen molar-refractivity contribution in [3.63, 3.8) is 0 Å². The van der Waals surface area contributed by atoms with Crippen LogP contribution in [0.25, 0.3) is 0 Å². The zero-order chi connectivity index (χ0) is 17.0. The van der Waals surface area contributed by atoms with Crippen molar-refractivity contribution in [2.24, 2.45) is 0 Å². The van der Waals surface area contributed by atoms with Crippen LogP contribution in [0.15, 0.2) is 30.3 Å². The Hall–Kier alpha value is -1.59. The SMILES string of the molecule is CC(C)(C)OC(=O)N1C[C@H](O)CC[C@@H]1C[C@@H](O)c1ccccc1. The van der Waals surface area contributed by atoms with Crippen LogP contribution in [-0.2, 0) is 4.74 Å². The fourth-order valence-electron chi connectivity index (χ4n) is 2.87. The molecule has 1 saturated heterocycles. The first-order valence-corrected chi connectivity index (χ1v) is 8.17. The maximum absolute atomic E-state index is 12.4. The van der Waals surface area contributed by atoms with Gasteiger partial charge in [0.15, 0.2) is 0 Å². The molecule has 2 rings (SSSR count). The zero-order valence-corrected chi connectivity index (χ0v) is 14.1. The van der Waals surface area contributed by atoms with Gasteiger partial charge in [0.05, 0.1) is 18.8 Å². The molecule has 5 heteroatoms. The minimum atomic E-state index is -0.638. The molecule has 0 aromatic heterocycles. The summed E-state index contributed by atoms with van der Waals surface area (Å²) < 4.78 is 5.44. The highest BCUT2D eigenvalue weighted by molar-refractivity contribution is 5.68. The Kier molecular flexibility index (Phi) is 5.65. The number of carbonyl (C=O) groups is 1. The van der Waals surface area contributed by atoms with E-state index in [9.17, 15) is 15.0 Å². The minimum absolute atomic E-state index is 0.136. The van der Waals surface area contributed by atoms with E-state index in [0.29, 0.717) is 19.3 Å². The first-order chi connectivity index (χ1) is 10.8. The van der Waals surface area contributed by atoms with Gasteiger partial charge < -0.3 is 19.8 Å². The normalized spacial score (nSPS) is 23.4. The first kappa shape index (κ1) is 17.8. The van der Waals surface area contributed by atoms with Gasteiger partial charge in [-0.15, -0.1) is 0 Å². The van der Waals surface area contributed by atoms with E-state index >= 15 is 0 Å². The second-order valence-electron chi connectivity index (χ2n) is 7.18. The number of β-amino-alcohol motifs (C(OH)–C–C–N with tert-alkyl or cyclic N) is 1. The third-order valence-electron chi connectivity index (χ3n) is 3.99. The second-order valence-corrected chi connectivity index (χ2v) is 7.18. The molecule has 0 radical (unpaired) electrons. The van der Waals surface area contributed by atoms with Crippen LogP contribution in [0.3, 0.4) is 0 Å². The molecule has 0 saturated carbocycles. The molecule has 1 aromatic carbocycles. The van der Waals surface area contributed by atoms with Crippen LogP contribution in [0.5, 0.6) is 0 Å². The van der Waals surface area contributed by atoms with Crippen molar-refractivity contribution in [2.75, 3.05) is 6.54 Å². The molecule has 1 aliphatic heterocycles. The lowest BCUT2D eigenvalue weighted by Gasteiger charge is -2.39. The van der Waals surface area contributed by atoms with E-state index in [4.69, 9.17) is 4.74 Å². The lowest BCUT2D eigenvalue weighted by molar-refractivity contribution is -0.0214. The van der Waals surface area contributed by atoms with Gasteiger partial charge in [-0.1, -0.05) is 30.3 Å². The molecule has 2 N–H and O–H groups in total. The largest absolute Gasteiger partial charge is 0.444 e.